The molecular formula is C10H20N2O2. The van der Waals surface area contributed by atoms with Gasteiger partial charge >= 0.3 is 5.97 Å². The molecule has 4 heteroatoms. The molecular weight excluding hydrogens is 180 g/mol. The third kappa shape index (κ3) is 2.94. The molecule has 0 spiro atoms. The molecule has 4 nitrogen and oxygen atoms in total. The maximum Gasteiger partial charge on any atom is 0.353 e. The molecule has 14 heavy (non-hydrogen) atoms. The summed E-state index contributed by atoms with van der Waals surface area (Å²) in [5, 5.41) is 9.09. The lowest BCUT2D eigenvalue weighted by atomic mass is 10.1. The van der Waals surface area contributed by atoms with Crippen LogP contribution in [0.25, 0.3) is 0 Å². The Bertz CT molecular complexity index is 233. The highest BCUT2D eigenvalue weighted by molar-refractivity contribution is 5.86. The average Bonchev–Trinajstić information content (AvgIpc) is 1.96. The molecule has 82 valence electrons. The van der Waals surface area contributed by atoms with Gasteiger partial charge in [-0.25, -0.2) is 4.79 Å². The molecule has 0 heterocycles. The first kappa shape index (κ1) is 12.8. The summed E-state index contributed by atoms with van der Waals surface area (Å²) in [4.78, 5) is 14.6. The van der Waals surface area contributed by atoms with Crippen LogP contribution >= 0.6 is 0 Å². The number of carboxylic acids is 1. The van der Waals surface area contributed by atoms with Crippen LogP contribution in [0, 0.1) is 5.92 Å². The van der Waals surface area contributed by atoms with Gasteiger partial charge in [-0.05, 0) is 5.92 Å². The normalized spacial score (nSPS) is 12.5. The third-order valence-corrected chi connectivity index (χ3v) is 1.92. The van der Waals surface area contributed by atoms with E-state index in [1.165, 1.54) is 0 Å². The maximum atomic E-state index is 11.1. The van der Waals surface area contributed by atoms with Crippen LogP contribution in [0.2, 0.25) is 0 Å². The molecule has 0 aromatic carbocycles. The highest BCUT2D eigenvalue weighted by Gasteiger charge is 2.20. The zero-order valence-electron chi connectivity index (χ0n) is 9.83. The summed E-state index contributed by atoms with van der Waals surface area (Å²) >= 11 is 0. The number of carbonyl (C=O) groups is 1. The van der Waals surface area contributed by atoms with E-state index in [0.717, 1.165) is 5.70 Å². The van der Waals surface area contributed by atoms with Crippen molar-refractivity contribution in [3.8, 4) is 0 Å². The number of aliphatic carboxylic acids is 1. The first-order valence-electron chi connectivity index (χ1n) is 4.61. The third-order valence-electron chi connectivity index (χ3n) is 1.92. The largest absolute Gasteiger partial charge is 0.477 e. The Balaban J connectivity index is 5.39. The van der Waals surface area contributed by atoms with Crippen LogP contribution in [0.4, 0.5) is 0 Å². The second-order valence-electron chi connectivity index (χ2n) is 3.98. The lowest BCUT2D eigenvalue weighted by molar-refractivity contribution is -0.134. The van der Waals surface area contributed by atoms with Crippen LogP contribution in [0.15, 0.2) is 11.4 Å². The van der Waals surface area contributed by atoms with Gasteiger partial charge in [0.2, 0.25) is 0 Å². The topological polar surface area (TPSA) is 43.8 Å². The molecule has 0 aliphatic heterocycles. The van der Waals surface area contributed by atoms with Gasteiger partial charge in [0.15, 0.2) is 0 Å². The highest BCUT2D eigenvalue weighted by Crippen LogP contribution is 2.18. The van der Waals surface area contributed by atoms with Gasteiger partial charge < -0.3 is 14.9 Å². The van der Waals surface area contributed by atoms with E-state index in [9.17, 15) is 4.79 Å². The summed E-state index contributed by atoms with van der Waals surface area (Å²) in [5.41, 5.74) is 1.19. The van der Waals surface area contributed by atoms with Gasteiger partial charge in [-0.1, -0.05) is 13.8 Å². The molecule has 0 amide bonds. The van der Waals surface area contributed by atoms with Gasteiger partial charge in [-0.3, -0.25) is 0 Å². The molecule has 0 atom stereocenters. The molecule has 0 radical (unpaired) electrons. The first-order chi connectivity index (χ1) is 6.29. The van der Waals surface area contributed by atoms with Gasteiger partial charge in [0.1, 0.15) is 5.70 Å². The highest BCUT2D eigenvalue weighted by atomic mass is 16.4. The quantitative estimate of drug-likeness (QED) is 0.689. The average molecular weight is 200 g/mol. The zero-order valence-corrected chi connectivity index (χ0v) is 9.83. The molecule has 0 aromatic heterocycles. The Morgan fingerprint density at radius 1 is 1.07 bits per heavy atom. The molecule has 1 N–H and O–H groups in total. The number of carboxylic acid groups (broad SMARTS) is 1. The van der Waals surface area contributed by atoms with Crippen molar-refractivity contribution in [1.82, 2.24) is 9.80 Å². The molecule has 0 aliphatic rings. The molecule has 0 saturated carbocycles. The van der Waals surface area contributed by atoms with Crippen molar-refractivity contribution in [2.24, 2.45) is 5.92 Å². The van der Waals surface area contributed by atoms with Crippen LogP contribution < -0.4 is 0 Å². The first-order valence-corrected chi connectivity index (χ1v) is 4.61. The minimum atomic E-state index is -0.882. The molecule has 0 unspecified atom stereocenters. The van der Waals surface area contributed by atoms with Crippen molar-refractivity contribution in [1.29, 1.82) is 0 Å². The molecule has 0 fully saturated rings. The van der Waals surface area contributed by atoms with Crippen LogP contribution in [0.1, 0.15) is 13.8 Å². The number of likely N-dealkylation sites (N-methyl/N-ethyl adjacent to an activating group) is 1. The van der Waals surface area contributed by atoms with E-state index in [1.807, 2.05) is 32.8 Å². The van der Waals surface area contributed by atoms with Crippen LogP contribution in [0.5, 0.6) is 0 Å². The fraction of sp³-hybridized carbons (Fsp3) is 0.700. The predicted molar refractivity (Wildman–Crippen MR) is 56.9 cm³/mol. The minimum Gasteiger partial charge on any atom is -0.477 e. The fourth-order valence-electron chi connectivity index (χ4n) is 1.53. The van der Waals surface area contributed by atoms with Crippen molar-refractivity contribution >= 4 is 5.97 Å². The smallest absolute Gasteiger partial charge is 0.353 e. The summed E-state index contributed by atoms with van der Waals surface area (Å²) in [5.74, 6) is -0.689. The Hall–Kier alpha value is -1.19. The second kappa shape index (κ2) is 4.88. The Morgan fingerprint density at radius 2 is 1.50 bits per heavy atom. The standard InChI is InChI=1S/C10H20N2O2/c1-7(2)8(11(3)4)9(10(13)14)12(5)6/h7H,1-6H3,(H,13,14)/b9-8+. The second-order valence-corrected chi connectivity index (χ2v) is 3.98. The van der Waals surface area contributed by atoms with Crippen molar-refractivity contribution in [2.45, 2.75) is 13.8 Å². The van der Waals surface area contributed by atoms with Crippen molar-refractivity contribution in [2.75, 3.05) is 28.2 Å². The van der Waals surface area contributed by atoms with Crippen LogP contribution in [0.3, 0.4) is 0 Å². The number of rotatable bonds is 4. The summed E-state index contributed by atoms with van der Waals surface area (Å²) in [6, 6.07) is 0. The number of nitrogens with zero attached hydrogens (tertiary/aromatic N) is 2. The van der Waals surface area contributed by atoms with Crippen LogP contribution in [-0.4, -0.2) is 49.1 Å². The van der Waals surface area contributed by atoms with E-state index in [4.69, 9.17) is 5.11 Å². The molecule has 0 bridgehead atoms. The molecule has 0 aromatic rings. The van der Waals surface area contributed by atoms with Gasteiger partial charge in [0, 0.05) is 33.9 Å². The summed E-state index contributed by atoms with van der Waals surface area (Å²) < 4.78 is 0. The molecule has 0 saturated heterocycles. The van der Waals surface area contributed by atoms with E-state index >= 15 is 0 Å². The summed E-state index contributed by atoms with van der Waals surface area (Å²) in [6.07, 6.45) is 0. The monoisotopic (exact) mass is 200 g/mol. The minimum absolute atomic E-state index is 0.193. The summed E-state index contributed by atoms with van der Waals surface area (Å²) in [7, 11) is 7.22. The summed E-state index contributed by atoms with van der Waals surface area (Å²) in [6.45, 7) is 3.98. The Morgan fingerprint density at radius 3 is 1.57 bits per heavy atom. The van der Waals surface area contributed by atoms with Crippen LogP contribution in [-0.2, 0) is 4.79 Å². The number of hydrogen-bond acceptors (Lipinski definition) is 3. The van der Waals surface area contributed by atoms with Gasteiger partial charge in [0.25, 0.3) is 0 Å². The molecule has 0 aliphatic carbocycles. The van der Waals surface area contributed by atoms with E-state index in [1.54, 1.807) is 19.0 Å². The predicted octanol–water partition coefficient (Wildman–Crippen LogP) is 1.06. The van der Waals surface area contributed by atoms with Crippen molar-refractivity contribution in [3.63, 3.8) is 0 Å². The molecule has 0 rings (SSSR count). The van der Waals surface area contributed by atoms with E-state index in [2.05, 4.69) is 0 Å². The SMILES string of the molecule is CC(C)/C(=C(/C(=O)O)N(C)C)N(C)C. The van der Waals surface area contributed by atoms with E-state index in [-0.39, 0.29) is 5.92 Å². The van der Waals surface area contributed by atoms with Crippen molar-refractivity contribution < 1.29 is 9.90 Å². The van der Waals surface area contributed by atoms with E-state index < -0.39 is 5.97 Å². The lowest BCUT2D eigenvalue weighted by Gasteiger charge is -2.26. The lowest BCUT2D eigenvalue weighted by Crippen LogP contribution is -2.28. The maximum absolute atomic E-state index is 11.1. The zero-order chi connectivity index (χ0) is 11.5. The van der Waals surface area contributed by atoms with Gasteiger partial charge in [0.05, 0.1) is 0 Å². The van der Waals surface area contributed by atoms with Gasteiger partial charge in [-0.15, -0.1) is 0 Å². The van der Waals surface area contributed by atoms with Crippen molar-refractivity contribution in [3.05, 3.63) is 11.4 Å². The Labute approximate surface area is 85.8 Å². The Kier molecular flexibility index (Phi) is 4.47. The fourth-order valence-corrected chi connectivity index (χ4v) is 1.53. The van der Waals surface area contributed by atoms with E-state index in [0.29, 0.717) is 5.70 Å². The number of allylic oxidation sites excluding steroid dienone is 1. The van der Waals surface area contributed by atoms with Gasteiger partial charge in [-0.2, -0.15) is 0 Å². The number of hydrogen-bond donors (Lipinski definition) is 1.